The van der Waals surface area contributed by atoms with Gasteiger partial charge in [-0.2, -0.15) is 0 Å². The highest BCUT2D eigenvalue weighted by Gasteiger charge is 2.17. The van der Waals surface area contributed by atoms with Crippen LogP contribution in [0.1, 0.15) is 42.1 Å². The van der Waals surface area contributed by atoms with Gasteiger partial charge in [0.2, 0.25) is 0 Å². The van der Waals surface area contributed by atoms with E-state index >= 15 is 0 Å². The zero-order valence-electron chi connectivity index (χ0n) is 13.1. The molecule has 0 aliphatic heterocycles. The molecule has 0 aromatic heterocycles. The summed E-state index contributed by atoms with van der Waals surface area (Å²) in [5, 5.41) is 0. The lowest BCUT2D eigenvalue weighted by Crippen LogP contribution is -2.18. The lowest BCUT2D eigenvalue weighted by Gasteiger charge is -2.12. The minimum absolute atomic E-state index is 0.132. The highest BCUT2D eigenvalue weighted by Crippen LogP contribution is 2.23. The third-order valence-corrected chi connectivity index (χ3v) is 5.19. The van der Waals surface area contributed by atoms with Crippen molar-refractivity contribution >= 4 is 21.6 Å². The SMILES string of the molecule is CC[C@H](C)c1ccc(S(=O)(=O)Nc2ccccc2C(N)=O)cc1. The average Bonchev–Trinajstić information content (AvgIpc) is 2.54. The molecule has 2 aromatic carbocycles. The molecule has 0 fully saturated rings. The first-order chi connectivity index (χ1) is 10.8. The van der Waals surface area contributed by atoms with Crippen molar-refractivity contribution in [2.45, 2.75) is 31.1 Å². The first-order valence-electron chi connectivity index (χ1n) is 7.36. The van der Waals surface area contributed by atoms with Crippen molar-refractivity contribution in [3.05, 3.63) is 59.7 Å². The second kappa shape index (κ2) is 6.83. The molecule has 3 N–H and O–H groups in total. The molecule has 1 atom stereocenters. The summed E-state index contributed by atoms with van der Waals surface area (Å²) in [5.74, 6) is -0.314. The van der Waals surface area contributed by atoms with Gasteiger partial charge in [-0.15, -0.1) is 0 Å². The molecule has 0 aliphatic rings. The zero-order chi connectivity index (χ0) is 17.0. The van der Waals surface area contributed by atoms with Crippen molar-refractivity contribution in [3.63, 3.8) is 0 Å². The highest BCUT2D eigenvalue weighted by molar-refractivity contribution is 7.92. The van der Waals surface area contributed by atoms with Crippen LogP contribution in [0.15, 0.2) is 53.4 Å². The molecule has 5 nitrogen and oxygen atoms in total. The molecule has 0 bridgehead atoms. The maximum atomic E-state index is 12.5. The predicted octanol–water partition coefficient (Wildman–Crippen LogP) is 3.10. The summed E-state index contributed by atoms with van der Waals surface area (Å²) in [4.78, 5) is 11.5. The number of hydrogen-bond acceptors (Lipinski definition) is 3. The maximum absolute atomic E-state index is 12.5. The number of sulfonamides is 1. The maximum Gasteiger partial charge on any atom is 0.261 e. The Morgan fingerprint density at radius 2 is 1.74 bits per heavy atom. The molecule has 0 radical (unpaired) electrons. The second-order valence-electron chi connectivity index (χ2n) is 5.39. The van der Waals surface area contributed by atoms with Crippen molar-refractivity contribution in [1.29, 1.82) is 0 Å². The first-order valence-corrected chi connectivity index (χ1v) is 8.85. The molecule has 0 saturated carbocycles. The molecule has 0 heterocycles. The second-order valence-corrected chi connectivity index (χ2v) is 7.08. The van der Waals surface area contributed by atoms with Gasteiger partial charge in [-0.3, -0.25) is 9.52 Å². The van der Waals surface area contributed by atoms with E-state index in [1.165, 1.54) is 12.1 Å². The number of primary amides is 1. The van der Waals surface area contributed by atoms with Gasteiger partial charge in [-0.05, 0) is 42.2 Å². The molecule has 0 unspecified atom stereocenters. The van der Waals surface area contributed by atoms with E-state index in [4.69, 9.17) is 5.73 Å². The Morgan fingerprint density at radius 1 is 1.13 bits per heavy atom. The van der Waals surface area contributed by atoms with Crippen LogP contribution in [-0.2, 0) is 10.0 Å². The minimum Gasteiger partial charge on any atom is -0.366 e. The number of carbonyl (C=O) groups is 1. The Morgan fingerprint density at radius 3 is 2.30 bits per heavy atom. The van der Waals surface area contributed by atoms with Crippen LogP contribution in [0, 0.1) is 0 Å². The van der Waals surface area contributed by atoms with Crippen LogP contribution in [0.3, 0.4) is 0 Å². The lowest BCUT2D eigenvalue weighted by molar-refractivity contribution is 0.100. The summed E-state index contributed by atoms with van der Waals surface area (Å²) in [6.45, 7) is 4.17. The van der Waals surface area contributed by atoms with Gasteiger partial charge in [0.15, 0.2) is 0 Å². The Hall–Kier alpha value is -2.34. The van der Waals surface area contributed by atoms with Crippen LogP contribution in [0.4, 0.5) is 5.69 Å². The largest absolute Gasteiger partial charge is 0.366 e. The smallest absolute Gasteiger partial charge is 0.261 e. The molecule has 23 heavy (non-hydrogen) atoms. The van der Waals surface area contributed by atoms with Gasteiger partial charge in [0, 0.05) is 0 Å². The van der Waals surface area contributed by atoms with Gasteiger partial charge in [-0.1, -0.05) is 38.1 Å². The summed E-state index contributed by atoms with van der Waals surface area (Å²) >= 11 is 0. The number of anilines is 1. The number of benzene rings is 2. The number of hydrogen-bond donors (Lipinski definition) is 2. The average molecular weight is 332 g/mol. The van der Waals surface area contributed by atoms with Crippen molar-refractivity contribution in [2.75, 3.05) is 4.72 Å². The van der Waals surface area contributed by atoms with Crippen LogP contribution < -0.4 is 10.5 Å². The molecule has 0 aliphatic carbocycles. The standard InChI is InChI=1S/C17H20N2O3S/c1-3-12(2)13-8-10-14(11-9-13)23(21,22)19-16-7-5-4-6-15(16)17(18)20/h4-12,19H,3H2,1-2H3,(H2,18,20)/t12-/m0/s1. The topological polar surface area (TPSA) is 89.3 Å². The number of carbonyl (C=O) groups excluding carboxylic acids is 1. The Labute approximate surface area is 136 Å². The normalized spacial score (nSPS) is 12.6. The zero-order valence-corrected chi connectivity index (χ0v) is 13.9. The Bertz CT molecular complexity index is 799. The molecule has 0 spiro atoms. The lowest BCUT2D eigenvalue weighted by atomic mass is 9.99. The monoisotopic (exact) mass is 332 g/mol. The Balaban J connectivity index is 2.31. The Kier molecular flexibility index (Phi) is 5.05. The van der Waals surface area contributed by atoms with E-state index in [0.29, 0.717) is 5.92 Å². The van der Waals surface area contributed by atoms with E-state index in [-0.39, 0.29) is 16.1 Å². The van der Waals surface area contributed by atoms with E-state index in [1.807, 2.05) is 12.1 Å². The molecule has 2 rings (SSSR count). The summed E-state index contributed by atoms with van der Waals surface area (Å²) in [6.07, 6.45) is 0.982. The number of rotatable bonds is 6. The van der Waals surface area contributed by atoms with E-state index < -0.39 is 15.9 Å². The summed E-state index contributed by atoms with van der Waals surface area (Å²) in [6, 6.07) is 13.0. The number of nitrogens with two attached hydrogens (primary N) is 1. The number of amides is 1. The molecule has 122 valence electrons. The summed E-state index contributed by atoms with van der Waals surface area (Å²) in [5.41, 5.74) is 6.66. The van der Waals surface area contributed by atoms with E-state index in [2.05, 4.69) is 18.6 Å². The predicted molar refractivity (Wildman–Crippen MR) is 90.9 cm³/mol. The molecule has 1 amide bonds. The van der Waals surface area contributed by atoms with E-state index in [1.54, 1.807) is 24.3 Å². The van der Waals surface area contributed by atoms with Crippen molar-refractivity contribution in [2.24, 2.45) is 5.73 Å². The molecule has 6 heteroatoms. The van der Waals surface area contributed by atoms with E-state index in [9.17, 15) is 13.2 Å². The minimum atomic E-state index is -3.78. The van der Waals surface area contributed by atoms with Crippen LogP contribution in [0.5, 0.6) is 0 Å². The van der Waals surface area contributed by atoms with Crippen LogP contribution in [0.2, 0.25) is 0 Å². The highest BCUT2D eigenvalue weighted by atomic mass is 32.2. The van der Waals surface area contributed by atoms with Crippen LogP contribution in [-0.4, -0.2) is 14.3 Å². The van der Waals surface area contributed by atoms with Gasteiger partial charge in [0.25, 0.3) is 15.9 Å². The van der Waals surface area contributed by atoms with Crippen molar-refractivity contribution < 1.29 is 13.2 Å². The third-order valence-electron chi connectivity index (χ3n) is 3.81. The van der Waals surface area contributed by atoms with E-state index in [0.717, 1.165) is 12.0 Å². The van der Waals surface area contributed by atoms with Gasteiger partial charge in [-0.25, -0.2) is 8.42 Å². The van der Waals surface area contributed by atoms with Gasteiger partial charge in [0.05, 0.1) is 16.1 Å². The fraction of sp³-hybridized carbons (Fsp3) is 0.235. The number of nitrogens with one attached hydrogen (secondary N) is 1. The third kappa shape index (κ3) is 3.90. The first kappa shape index (κ1) is 17.0. The molecular weight excluding hydrogens is 312 g/mol. The van der Waals surface area contributed by atoms with Gasteiger partial charge < -0.3 is 5.73 Å². The molecule has 0 saturated heterocycles. The van der Waals surface area contributed by atoms with Crippen molar-refractivity contribution in [3.8, 4) is 0 Å². The fourth-order valence-corrected chi connectivity index (χ4v) is 3.28. The van der Waals surface area contributed by atoms with Crippen LogP contribution in [0.25, 0.3) is 0 Å². The van der Waals surface area contributed by atoms with Crippen molar-refractivity contribution in [1.82, 2.24) is 0 Å². The fourth-order valence-electron chi connectivity index (χ4n) is 2.20. The van der Waals surface area contributed by atoms with Gasteiger partial charge in [0.1, 0.15) is 0 Å². The molecular formula is C17H20N2O3S. The number of para-hydroxylation sites is 1. The van der Waals surface area contributed by atoms with Crippen LogP contribution >= 0.6 is 0 Å². The van der Waals surface area contributed by atoms with Gasteiger partial charge >= 0.3 is 0 Å². The summed E-state index contributed by atoms with van der Waals surface area (Å²) < 4.78 is 27.3. The summed E-state index contributed by atoms with van der Waals surface area (Å²) in [7, 11) is -3.78. The molecule has 2 aromatic rings. The quantitative estimate of drug-likeness (QED) is 0.852.